The molecule has 0 aromatic heterocycles. The summed E-state index contributed by atoms with van der Waals surface area (Å²) in [6.45, 7) is 16.2. The Balaban J connectivity index is 1.43. The van der Waals surface area contributed by atoms with Gasteiger partial charge in [0.25, 0.3) is 0 Å². The van der Waals surface area contributed by atoms with Gasteiger partial charge in [-0.05, 0) is 71.1 Å². The third kappa shape index (κ3) is 7.10. The Morgan fingerprint density at radius 3 is 2.06 bits per heavy atom. The summed E-state index contributed by atoms with van der Waals surface area (Å²) in [6.07, 6.45) is 1.68. The van der Waals surface area contributed by atoms with Crippen LogP contribution in [0.25, 0.3) is 0 Å². The number of ether oxygens (including phenoxy) is 2. The Kier molecular flexibility index (Phi) is 8.27. The van der Waals surface area contributed by atoms with Crippen molar-refractivity contribution >= 4 is 12.0 Å². The minimum Gasteiger partial charge on any atom is -0.492 e. The Labute approximate surface area is 199 Å². The maximum absolute atomic E-state index is 12.3. The molecule has 7 nitrogen and oxygen atoms in total. The lowest BCUT2D eigenvalue weighted by molar-refractivity contribution is -0.133. The lowest BCUT2D eigenvalue weighted by Gasteiger charge is -2.44. The maximum atomic E-state index is 12.3. The monoisotopic (exact) mass is 459 g/mol. The van der Waals surface area contributed by atoms with Gasteiger partial charge in [-0.15, -0.1) is 0 Å². The number of hydrogen-bond acceptors (Lipinski definition) is 5. The van der Waals surface area contributed by atoms with E-state index in [2.05, 4.69) is 43.0 Å². The fourth-order valence-electron chi connectivity index (χ4n) is 4.88. The minimum atomic E-state index is -0.456. The van der Waals surface area contributed by atoms with Gasteiger partial charge in [-0.2, -0.15) is 0 Å². The number of carbonyl (C=O) groups excluding carboxylic acids is 2. The van der Waals surface area contributed by atoms with E-state index in [1.165, 1.54) is 5.56 Å². The van der Waals surface area contributed by atoms with Crippen molar-refractivity contribution in [2.45, 2.75) is 78.0 Å². The fourth-order valence-corrected chi connectivity index (χ4v) is 4.88. The van der Waals surface area contributed by atoms with Gasteiger partial charge in [0.05, 0.1) is 0 Å². The van der Waals surface area contributed by atoms with Crippen LogP contribution in [0.5, 0.6) is 5.75 Å². The van der Waals surface area contributed by atoms with Gasteiger partial charge in [0.1, 0.15) is 18.0 Å². The first-order chi connectivity index (χ1) is 15.5. The highest BCUT2D eigenvalue weighted by Crippen LogP contribution is 2.30. The van der Waals surface area contributed by atoms with Gasteiger partial charge in [0.15, 0.2) is 0 Å². The molecule has 2 heterocycles. The fraction of sp³-hybridized carbons (Fsp3) is 0.692. The molecule has 2 saturated heterocycles. The minimum absolute atomic E-state index is 0.153. The highest BCUT2D eigenvalue weighted by Gasteiger charge is 2.30. The Morgan fingerprint density at radius 2 is 1.55 bits per heavy atom. The molecule has 7 heteroatoms. The molecule has 2 aliphatic heterocycles. The zero-order chi connectivity index (χ0) is 24.2. The lowest BCUT2D eigenvalue weighted by atomic mass is 9.89. The van der Waals surface area contributed by atoms with Gasteiger partial charge in [-0.25, -0.2) is 4.79 Å². The van der Waals surface area contributed by atoms with E-state index in [0.29, 0.717) is 24.6 Å². The summed E-state index contributed by atoms with van der Waals surface area (Å²) in [4.78, 5) is 30.1. The summed E-state index contributed by atoms with van der Waals surface area (Å²) < 4.78 is 11.5. The highest BCUT2D eigenvalue weighted by molar-refractivity contribution is 5.73. The quantitative estimate of drug-likeness (QED) is 0.663. The van der Waals surface area contributed by atoms with Crippen LogP contribution in [0.3, 0.4) is 0 Å². The Bertz CT molecular complexity index is 785. The predicted molar refractivity (Wildman–Crippen MR) is 130 cm³/mol. The summed E-state index contributed by atoms with van der Waals surface area (Å²) in [6, 6.07) is 9.07. The van der Waals surface area contributed by atoms with Gasteiger partial charge < -0.3 is 19.3 Å². The molecule has 0 aliphatic carbocycles. The van der Waals surface area contributed by atoms with Crippen molar-refractivity contribution in [1.29, 1.82) is 0 Å². The first-order valence-corrected chi connectivity index (χ1v) is 12.3. The summed E-state index contributed by atoms with van der Waals surface area (Å²) >= 11 is 0. The zero-order valence-electron chi connectivity index (χ0n) is 21.2. The summed E-state index contributed by atoms with van der Waals surface area (Å²) in [5.74, 6) is 1.49. The topological polar surface area (TPSA) is 62.3 Å². The standard InChI is InChI=1S/C26H41N3O4/c1-19-17-28(21(3)30)18-20(2)29(19)15-16-32-24-9-7-22(8-10-24)23-11-13-27(14-12-23)25(31)33-26(4,5)6/h7-10,19-20,23H,11-18H2,1-6H3/t19-,20+. The number of amides is 2. The number of piperidine rings is 1. The molecule has 1 aromatic rings. The number of likely N-dealkylation sites (tertiary alicyclic amines) is 1. The van der Waals surface area contributed by atoms with E-state index in [4.69, 9.17) is 9.47 Å². The predicted octanol–water partition coefficient (Wildman–Crippen LogP) is 4.12. The van der Waals surface area contributed by atoms with Crippen molar-refractivity contribution in [2.75, 3.05) is 39.3 Å². The molecular formula is C26H41N3O4. The number of piperazine rings is 1. The summed E-state index contributed by atoms with van der Waals surface area (Å²) in [5, 5.41) is 0. The Hall–Kier alpha value is -2.28. The first kappa shape index (κ1) is 25.3. The second-order valence-corrected chi connectivity index (χ2v) is 10.5. The summed E-state index contributed by atoms with van der Waals surface area (Å²) in [7, 11) is 0. The zero-order valence-corrected chi connectivity index (χ0v) is 21.2. The van der Waals surface area contributed by atoms with E-state index >= 15 is 0 Å². The lowest BCUT2D eigenvalue weighted by Crippen LogP contribution is -2.58. The molecule has 2 atom stereocenters. The largest absolute Gasteiger partial charge is 0.492 e. The number of rotatable bonds is 5. The van der Waals surface area contributed by atoms with Crippen LogP contribution in [0.1, 0.15) is 65.9 Å². The van der Waals surface area contributed by atoms with E-state index in [0.717, 1.165) is 51.3 Å². The second-order valence-electron chi connectivity index (χ2n) is 10.5. The van der Waals surface area contributed by atoms with Crippen LogP contribution in [0.15, 0.2) is 24.3 Å². The third-order valence-electron chi connectivity index (χ3n) is 6.66. The van der Waals surface area contributed by atoms with E-state index < -0.39 is 5.60 Å². The molecule has 0 saturated carbocycles. The number of nitrogens with zero attached hydrogens (tertiary/aromatic N) is 3. The Morgan fingerprint density at radius 1 is 0.970 bits per heavy atom. The molecule has 1 aromatic carbocycles. The van der Waals surface area contributed by atoms with Crippen molar-refractivity contribution in [3.8, 4) is 5.75 Å². The first-order valence-electron chi connectivity index (χ1n) is 12.3. The SMILES string of the molecule is CC(=O)N1C[C@@H](C)N(CCOc2ccc(C3CCN(C(=O)OC(C)(C)C)CC3)cc2)[C@@H](C)C1. The van der Waals surface area contributed by atoms with Crippen LogP contribution in [0.4, 0.5) is 4.79 Å². The van der Waals surface area contributed by atoms with Crippen LogP contribution in [0.2, 0.25) is 0 Å². The van der Waals surface area contributed by atoms with Crippen LogP contribution in [-0.4, -0.2) is 83.7 Å². The van der Waals surface area contributed by atoms with Crippen LogP contribution >= 0.6 is 0 Å². The number of benzene rings is 1. The molecule has 0 bridgehead atoms. The van der Waals surface area contributed by atoms with Crippen molar-refractivity contribution < 1.29 is 19.1 Å². The van der Waals surface area contributed by atoms with Crippen LogP contribution < -0.4 is 4.74 Å². The average molecular weight is 460 g/mol. The maximum Gasteiger partial charge on any atom is 0.410 e. The van der Waals surface area contributed by atoms with Crippen molar-refractivity contribution in [3.05, 3.63) is 29.8 Å². The molecule has 184 valence electrons. The van der Waals surface area contributed by atoms with Crippen molar-refractivity contribution in [3.63, 3.8) is 0 Å². The molecule has 0 unspecified atom stereocenters. The van der Waals surface area contributed by atoms with Gasteiger partial charge in [-0.1, -0.05) is 12.1 Å². The highest BCUT2D eigenvalue weighted by atomic mass is 16.6. The normalized spacial score (nSPS) is 22.8. The molecule has 0 N–H and O–H groups in total. The van der Waals surface area contributed by atoms with Crippen molar-refractivity contribution in [2.24, 2.45) is 0 Å². The molecule has 2 amide bonds. The van der Waals surface area contributed by atoms with E-state index in [1.807, 2.05) is 30.6 Å². The molecule has 3 rings (SSSR count). The van der Waals surface area contributed by atoms with E-state index in [1.54, 1.807) is 6.92 Å². The summed E-state index contributed by atoms with van der Waals surface area (Å²) in [5.41, 5.74) is 0.844. The van der Waals surface area contributed by atoms with Crippen molar-refractivity contribution in [1.82, 2.24) is 14.7 Å². The second kappa shape index (κ2) is 10.8. The van der Waals surface area contributed by atoms with Gasteiger partial charge in [0.2, 0.25) is 5.91 Å². The number of hydrogen-bond donors (Lipinski definition) is 0. The van der Waals surface area contributed by atoms with E-state index in [-0.39, 0.29) is 12.0 Å². The van der Waals surface area contributed by atoms with Gasteiger partial charge >= 0.3 is 6.09 Å². The van der Waals surface area contributed by atoms with E-state index in [9.17, 15) is 9.59 Å². The molecular weight excluding hydrogens is 418 g/mol. The molecule has 33 heavy (non-hydrogen) atoms. The van der Waals surface area contributed by atoms with Gasteiger partial charge in [-0.3, -0.25) is 9.69 Å². The van der Waals surface area contributed by atoms with Gasteiger partial charge in [0, 0.05) is 51.7 Å². The molecule has 0 spiro atoms. The average Bonchev–Trinajstić information content (AvgIpc) is 2.75. The van der Waals surface area contributed by atoms with Crippen LogP contribution in [-0.2, 0) is 9.53 Å². The molecule has 2 aliphatic rings. The molecule has 0 radical (unpaired) electrons. The van der Waals surface area contributed by atoms with Crippen LogP contribution in [0, 0.1) is 0 Å². The smallest absolute Gasteiger partial charge is 0.410 e. The molecule has 2 fully saturated rings. The number of carbonyl (C=O) groups is 2. The third-order valence-corrected chi connectivity index (χ3v) is 6.66.